The molecule has 0 bridgehead atoms. The summed E-state index contributed by atoms with van der Waals surface area (Å²) in [5.41, 5.74) is 2.85. The molecule has 0 aromatic carbocycles. The predicted molar refractivity (Wildman–Crippen MR) is 103 cm³/mol. The molecule has 0 heteroatoms. The largest absolute Gasteiger partial charge is 0.103 e. The summed E-state index contributed by atoms with van der Waals surface area (Å²) in [5, 5.41) is 0. The molecule has 0 aromatic rings. The second kappa shape index (κ2) is 13.4. The van der Waals surface area contributed by atoms with Crippen LogP contribution in [0.15, 0.2) is 60.8 Å². The van der Waals surface area contributed by atoms with Gasteiger partial charge in [0.25, 0.3) is 0 Å². The fraction of sp³-hybridized carbons (Fsp3) is 0.545. The molecule has 1 rings (SSSR count). The van der Waals surface area contributed by atoms with E-state index in [1.54, 1.807) is 0 Å². The molecular formula is C22H36. The van der Waals surface area contributed by atoms with Gasteiger partial charge in [0.1, 0.15) is 0 Å². The lowest BCUT2D eigenvalue weighted by molar-refractivity contribution is 0.550. The summed E-state index contributed by atoms with van der Waals surface area (Å²) in [6, 6.07) is 0. The zero-order valence-corrected chi connectivity index (χ0v) is 15.3. The van der Waals surface area contributed by atoms with Gasteiger partial charge in [-0.2, -0.15) is 0 Å². The molecule has 0 spiro atoms. The van der Waals surface area contributed by atoms with Gasteiger partial charge in [-0.25, -0.2) is 0 Å². The third-order valence-electron chi connectivity index (χ3n) is 3.82. The van der Waals surface area contributed by atoms with Crippen molar-refractivity contribution in [1.29, 1.82) is 0 Å². The van der Waals surface area contributed by atoms with Crippen molar-refractivity contribution in [2.45, 2.75) is 66.2 Å². The lowest BCUT2D eigenvalue weighted by Gasteiger charge is -2.09. The molecular weight excluding hydrogens is 264 g/mol. The van der Waals surface area contributed by atoms with Crippen molar-refractivity contribution in [2.75, 3.05) is 0 Å². The van der Waals surface area contributed by atoms with E-state index in [2.05, 4.69) is 65.2 Å². The highest BCUT2D eigenvalue weighted by atomic mass is 14.1. The summed E-state index contributed by atoms with van der Waals surface area (Å²) in [5.74, 6) is 1.62. The van der Waals surface area contributed by atoms with E-state index in [4.69, 9.17) is 0 Å². The summed E-state index contributed by atoms with van der Waals surface area (Å²) >= 11 is 0. The smallest absolute Gasteiger partial charge is 0.0310 e. The Morgan fingerprint density at radius 1 is 0.909 bits per heavy atom. The summed E-state index contributed by atoms with van der Waals surface area (Å²) in [6.45, 7) is 16.1. The molecule has 1 aliphatic rings. The summed E-state index contributed by atoms with van der Waals surface area (Å²) in [6.07, 6.45) is 20.4. The van der Waals surface area contributed by atoms with Crippen LogP contribution in [0.3, 0.4) is 0 Å². The first-order valence-corrected chi connectivity index (χ1v) is 8.63. The van der Waals surface area contributed by atoms with Crippen molar-refractivity contribution < 1.29 is 0 Å². The highest BCUT2D eigenvalue weighted by Crippen LogP contribution is 2.21. The number of hydrogen-bond donors (Lipinski definition) is 0. The molecule has 0 nitrogen and oxygen atoms in total. The Morgan fingerprint density at radius 2 is 1.41 bits per heavy atom. The van der Waals surface area contributed by atoms with Gasteiger partial charge in [-0.3, -0.25) is 0 Å². The van der Waals surface area contributed by atoms with Gasteiger partial charge in [0.05, 0.1) is 0 Å². The molecule has 0 radical (unpaired) electrons. The Balaban J connectivity index is 0.000000406. The van der Waals surface area contributed by atoms with E-state index in [0.717, 1.165) is 25.2 Å². The monoisotopic (exact) mass is 300 g/mol. The Kier molecular flexibility index (Phi) is 12.6. The Labute approximate surface area is 139 Å². The third-order valence-corrected chi connectivity index (χ3v) is 3.82. The number of hydrogen-bond acceptors (Lipinski definition) is 0. The van der Waals surface area contributed by atoms with Crippen LogP contribution < -0.4 is 0 Å². The van der Waals surface area contributed by atoms with E-state index < -0.39 is 0 Å². The van der Waals surface area contributed by atoms with Gasteiger partial charge in [0, 0.05) is 0 Å². The lowest BCUT2D eigenvalue weighted by atomic mass is 9.96. The van der Waals surface area contributed by atoms with Gasteiger partial charge in [0.15, 0.2) is 0 Å². The highest BCUT2D eigenvalue weighted by molar-refractivity contribution is 5.00. The van der Waals surface area contributed by atoms with Crippen molar-refractivity contribution in [3.05, 3.63) is 60.8 Å². The summed E-state index contributed by atoms with van der Waals surface area (Å²) in [4.78, 5) is 0. The third kappa shape index (κ3) is 12.4. The van der Waals surface area contributed by atoms with Gasteiger partial charge in [-0.15, -0.1) is 13.2 Å². The Bertz CT molecular complexity index is 366. The van der Waals surface area contributed by atoms with Crippen molar-refractivity contribution in [1.82, 2.24) is 0 Å². The molecule has 0 aliphatic heterocycles. The molecule has 0 amide bonds. The first-order valence-electron chi connectivity index (χ1n) is 8.63. The molecule has 1 aliphatic carbocycles. The summed E-state index contributed by atoms with van der Waals surface area (Å²) < 4.78 is 0. The minimum atomic E-state index is 0.704. The van der Waals surface area contributed by atoms with Crippen LogP contribution in [0, 0.1) is 11.8 Å². The van der Waals surface area contributed by atoms with E-state index in [9.17, 15) is 0 Å². The van der Waals surface area contributed by atoms with Crippen LogP contribution in [-0.2, 0) is 0 Å². The molecule has 0 atom stereocenters. The maximum atomic E-state index is 3.75. The lowest BCUT2D eigenvalue weighted by Crippen LogP contribution is -1.95. The quantitative estimate of drug-likeness (QED) is 0.409. The molecule has 0 fully saturated rings. The van der Waals surface area contributed by atoms with Gasteiger partial charge in [-0.05, 0) is 78.1 Å². The molecule has 124 valence electrons. The van der Waals surface area contributed by atoms with Crippen molar-refractivity contribution in [3.8, 4) is 0 Å². The standard InChI is InChI=1S/C12H20.C10H16/c1-5-7-12(8-6-2)10-9-11(3)4;1-9(2)7-8-10-5-3-4-6-10/h5-6,9,12H,1-2,7-8,10H2,3-4H3;3-4,7,10H,5-6,8H2,1-2H3. The zero-order chi connectivity index (χ0) is 16.8. The van der Waals surface area contributed by atoms with Crippen LogP contribution in [0.4, 0.5) is 0 Å². The average Bonchev–Trinajstić information content (AvgIpc) is 2.97. The maximum Gasteiger partial charge on any atom is -0.0310 e. The second-order valence-corrected chi connectivity index (χ2v) is 6.76. The molecule has 0 aromatic heterocycles. The second-order valence-electron chi connectivity index (χ2n) is 6.76. The molecule has 0 unspecified atom stereocenters. The molecule has 22 heavy (non-hydrogen) atoms. The maximum absolute atomic E-state index is 3.75. The van der Waals surface area contributed by atoms with E-state index >= 15 is 0 Å². The van der Waals surface area contributed by atoms with Crippen molar-refractivity contribution >= 4 is 0 Å². The van der Waals surface area contributed by atoms with Crippen LogP contribution >= 0.6 is 0 Å². The van der Waals surface area contributed by atoms with E-state index in [1.807, 2.05) is 12.2 Å². The van der Waals surface area contributed by atoms with Gasteiger partial charge in [-0.1, -0.05) is 47.6 Å². The van der Waals surface area contributed by atoms with Gasteiger partial charge >= 0.3 is 0 Å². The highest BCUT2D eigenvalue weighted by Gasteiger charge is 2.07. The topological polar surface area (TPSA) is 0 Å². The van der Waals surface area contributed by atoms with Crippen LogP contribution in [-0.4, -0.2) is 0 Å². The molecule has 0 N–H and O–H groups in total. The molecule has 0 saturated carbocycles. The van der Waals surface area contributed by atoms with E-state index in [1.165, 1.54) is 30.4 Å². The minimum absolute atomic E-state index is 0.704. The minimum Gasteiger partial charge on any atom is -0.103 e. The first-order chi connectivity index (χ1) is 10.5. The SMILES string of the molecule is C=CCC(CC=C)CC=C(C)C.CC(C)=CCC1CC=CC1. The first kappa shape index (κ1) is 20.7. The Hall–Kier alpha value is -1.30. The fourth-order valence-electron chi connectivity index (χ4n) is 2.43. The average molecular weight is 301 g/mol. The van der Waals surface area contributed by atoms with E-state index in [0.29, 0.717) is 5.92 Å². The number of rotatable bonds is 8. The molecule has 0 heterocycles. The van der Waals surface area contributed by atoms with Gasteiger partial charge in [0.2, 0.25) is 0 Å². The van der Waals surface area contributed by atoms with Crippen LogP contribution in [0.25, 0.3) is 0 Å². The van der Waals surface area contributed by atoms with Crippen LogP contribution in [0.1, 0.15) is 66.2 Å². The van der Waals surface area contributed by atoms with E-state index in [-0.39, 0.29) is 0 Å². The van der Waals surface area contributed by atoms with Crippen molar-refractivity contribution in [2.24, 2.45) is 11.8 Å². The van der Waals surface area contributed by atoms with Gasteiger partial charge < -0.3 is 0 Å². The van der Waals surface area contributed by atoms with Crippen LogP contribution in [0.2, 0.25) is 0 Å². The summed E-state index contributed by atoms with van der Waals surface area (Å²) in [7, 11) is 0. The van der Waals surface area contributed by atoms with Crippen molar-refractivity contribution in [3.63, 3.8) is 0 Å². The number of allylic oxidation sites excluding steroid dienone is 8. The van der Waals surface area contributed by atoms with Crippen LogP contribution in [0.5, 0.6) is 0 Å². The normalized spacial score (nSPS) is 13.3. The zero-order valence-electron chi connectivity index (χ0n) is 15.3. The Morgan fingerprint density at radius 3 is 1.82 bits per heavy atom. The molecule has 0 saturated heterocycles. The fourth-order valence-corrected chi connectivity index (χ4v) is 2.43. The predicted octanol–water partition coefficient (Wildman–Crippen LogP) is 7.42.